The SMILES string of the molecule is CN(C)c1ncc(C(=O)NCCN2CCCCC2)c(=S)[nH]1. The summed E-state index contributed by atoms with van der Waals surface area (Å²) in [6.45, 7) is 3.80. The van der Waals surface area contributed by atoms with Gasteiger partial charge in [-0.2, -0.15) is 0 Å². The van der Waals surface area contributed by atoms with Gasteiger partial charge in [0.1, 0.15) is 4.64 Å². The summed E-state index contributed by atoms with van der Waals surface area (Å²) in [5.41, 5.74) is 0.425. The van der Waals surface area contributed by atoms with Crippen molar-refractivity contribution >= 4 is 24.1 Å². The van der Waals surface area contributed by atoms with Crippen LogP contribution in [0.15, 0.2) is 6.20 Å². The van der Waals surface area contributed by atoms with Gasteiger partial charge in [0.2, 0.25) is 5.95 Å². The highest BCUT2D eigenvalue weighted by atomic mass is 32.1. The molecule has 0 aromatic carbocycles. The summed E-state index contributed by atoms with van der Waals surface area (Å²) >= 11 is 5.22. The third-order valence-electron chi connectivity index (χ3n) is 3.62. The molecular formula is C14H23N5OS. The van der Waals surface area contributed by atoms with Crippen LogP contribution < -0.4 is 10.2 Å². The number of carbonyl (C=O) groups excluding carboxylic acids is 1. The highest BCUT2D eigenvalue weighted by molar-refractivity contribution is 7.71. The van der Waals surface area contributed by atoms with Crippen LogP contribution in [-0.4, -0.2) is 61.0 Å². The molecule has 1 amide bonds. The standard InChI is InChI=1S/C14H23N5OS/c1-18(2)14-16-10-11(13(21)17-14)12(20)15-6-9-19-7-4-3-5-8-19/h10H,3-9H2,1-2H3,(H,15,20)(H,16,17,21). The molecule has 1 fully saturated rings. The average molecular weight is 309 g/mol. The molecule has 116 valence electrons. The maximum absolute atomic E-state index is 12.1. The molecule has 7 heteroatoms. The number of piperidine rings is 1. The highest BCUT2D eigenvalue weighted by Crippen LogP contribution is 2.08. The number of aromatic nitrogens is 2. The number of anilines is 1. The first-order valence-corrected chi connectivity index (χ1v) is 7.76. The zero-order valence-corrected chi connectivity index (χ0v) is 13.5. The molecule has 2 N–H and O–H groups in total. The molecule has 1 aliphatic rings. The zero-order valence-electron chi connectivity index (χ0n) is 12.7. The number of H-pyrrole nitrogens is 1. The molecule has 0 spiro atoms. The summed E-state index contributed by atoms with van der Waals surface area (Å²) in [6.07, 6.45) is 5.37. The Bertz CT molecular complexity index is 536. The van der Waals surface area contributed by atoms with Crippen LogP contribution in [0.4, 0.5) is 5.95 Å². The van der Waals surface area contributed by atoms with E-state index >= 15 is 0 Å². The third kappa shape index (κ3) is 4.50. The Morgan fingerprint density at radius 1 is 1.43 bits per heavy atom. The van der Waals surface area contributed by atoms with Crippen molar-refractivity contribution in [3.8, 4) is 0 Å². The number of rotatable bonds is 5. The largest absolute Gasteiger partial charge is 0.351 e. The quantitative estimate of drug-likeness (QED) is 0.806. The molecule has 0 radical (unpaired) electrons. The molecule has 1 aromatic heterocycles. The van der Waals surface area contributed by atoms with E-state index in [2.05, 4.69) is 20.2 Å². The lowest BCUT2D eigenvalue weighted by atomic mass is 10.1. The maximum Gasteiger partial charge on any atom is 0.255 e. The summed E-state index contributed by atoms with van der Waals surface area (Å²) in [7, 11) is 3.73. The molecule has 21 heavy (non-hydrogen) atoms. The van der Waals surface area contributed by atoms with Gasteiger partial charge in [0.25, 0.3) is 5.91 Å². The number of nitrogens with zero attached hydrogens (tertiary/aromatic N) is 3. The topological polar surface area (TPSA) is 64.3 Å². The zero-order chi connectivity index (χ0) is 15.2. The first kappa shape index (κ1) is 15.9. The first-order valence-electron chi connectivity index (χ1n) is 7.35. The molecule has 1 saturated heterocycles. The van der Waals surface area contributed by atoms with Gasteiger partial charge in [0.15, 0.2) is 0 Å². The fraction of sp³-hybridized carbons (Fsp3) is 0.643. The van der Waals surface area contributed by atoms with Crippen molar-refractivity contribution in [2.75, 3.05) is 45.2 Å². The summed E-state index contributed by atoms with van der Waals surface area (Å²) in [5, 5.41) is 2.91. The molecule has 0 unspecified atom stereocenters. The number of amides is 1. The normalized spacial score (nSPS) is 15.7. The van der Waals surface area contributed by atoms with Gasteiger partial charge in [-0.05, 0) is 25.9 Å². The predicted octanol–water partition coefficient (Wildman–Crippen LogP) is 1.42. The molecule has 6 nitrogen and oxygen atoms in total. The van der Waals surface area contributed by atoms with Crippen LogP contribution in [0.25, 0.3) is 0 Å². The highest BCUT2D eigenvalue weighted by Gasteiger charge is 2.12. The lowest BCUT2D eigenvalue weighted by molar-refractivity contribution is 0.0945. The molecule has 2 heterocycles. The van der Waals surface area contributed by atoms with Crippen molar-refractivity contribution in [3.05, 3.63) is 16.4 Å². The van der Waals surface area contributed by atoms with Gasteiger partial charge in [-0.3, -0.25) is 4.79 Å². The molecule has 1 aliphatic heterocycles. The Morgan fingerprint density at radius 2 is 2.14 bits per heavy atom. The van der Waals surface area contributed by atoms with E-state index in [1.54, 1.807) is 0 Å². The minimum atomic E-state index is -0.161. The average Bonchev–Trinajstić information content (AvgIpc) is 2.48. The van der Waals surface area contributed by atoms with Crippen LogP contribution >= 0.6 is 12.2 Å². The first-order chi connectivity index (χ1) is 10.1. The van der Waals surface area contributed by atoms with Crippen LogP contribution in [-0.2, 0) is 0 Å². The van der Waals surface area contributed by atoms with Gasteiger partial charge < -0.3 is 20.1 Å². The van der Waals surface area contributed by atoms with Crippen molar-refractivity contribution in [3.63, 3.8) is 0 Å². The number of hydrogen-bond acceptors (Lipinski definition) is 5. The number of aromatic amines is 1. The van der Waals surface area contributed by atoms with Crippen molar-refractivity contribution < 1.29 is 4.79 Å². The molecule has 0 saturated carbocycles. The summed E-state index contributed by atoms with van der Waals surface area (Å²) in [5.74, 6) is 0.482. The monoisotopic (exact) mass is 309 g/mol. The van der Waals surface area contributed by atoms with Crippen LogP contribution in [0.2, 0.25) is 0 Å². The van der Waals surface area contributed by atoms with Crippen molar-refractivity contribution in [2.24, 2.45) is 0 Å². The smallest absolute Gasteiger partial charge is 0.255 e. The van der Waals surface area contributed by atoms with Gasteiger partial charge in [0.05, 0.1) is 5.56 Å². The fourth-order valence-corrected chi connectivity index (χ4v) is 2.62. The molecular weight excluding hydrogens is 286 g/mol. The summed E-state index contributed by atoms with van der Waals surface area (Å²) in [6, 6.07) is 0. The van der Waals surface area contributed by atoms with E-state index in [1.165, 1.54) is 25.5 Å². The molecule has 0 atom stereocenters. The van der Waals surface area contributed by atoms with E-state index < -0.39 is 0 Å². The van der Waals surface area contributed by atoms with Gasteiger partial charge in [-0.15, -0.1) is 0 Å². The Hall–Kier alpha value is -1.47. The van der Waals surface area contributed by atoms with Crippen LogP contribution in [0.3, 0.4) is 0 Å². The van der Waals surface area contributed by atoms with Crippen LogP contribution in [0, 0.1) is 4.64 Å². The van der Waals surface area contributed by atoms with E-state index in [0.717, 1.165) is 19.6 Å². The third-order valence-corrected chi connectivity index (χ3v) is 3.94. The lowest BCUT2D eigenvalue weighted by Crippen LogP contribution is -2.37. The lowest BCUT2D eigenvalue weighted by Gasteiger charge is -2.26. The minimum Gasteiger partial charge on any atom is -0.351 e. The second-order valence-electron chi connectivity index (χ2n) is 5.50. The second kappa shape index (κ2) is 7.51. The minimum absolute atomic E-state index is 0.161. The van der Waals surface area contributed by atoms with Crippen LogP contribution in [0.1, 0.15) is 29.6 Å². The molecule has 2 rings (SSSR count). The Labute approximate surface area is 130 Å². The van der Waals surface area contributed by atoms with Crippen molar-refractivity contribution in [1.82, 2.24) is 20.2 Å². The summed E-state index contributed by atoms with van der Waals surface area (Å²) in [4.78, 5) is 23.5. The maximum atomic E-state index is 12.1. The van der Waals surface area contributed by atoms with Crippen molar-refractivity contribution in [2.45, 2.75) is 19.3 Å². The van der Waals surface area contributed by atoms with Gasteiger partial charge in [-0.1, -0.05) is 18.6 Å². The van der Waals surface area contributed by atoms with E-state index in [1.807, 2.05) is 19.0 Å². The van der Waals surface area contributed by atoms with Gasteiger partial charge in [0, 0.05) is 33.4 Å². The Balaban J connectivity index is 1.86. The number of carbonyl (C=O) groups is 1. The van der Waals surface area contributed by atoms with Gasteiger partial charge in [-0.25, -0.2) is 4.98 Å². The van der Waals surface area contributed by atoms with E-state index in [-0.39, 0.29) is 5.91 Å². The van der Waals surface area contributed by atoms with Crippen molar-refractivity contribution in [1.29, 1.82) is 0 Å². The molecule has 0 bridgehead atoms. The Kier molecular flexibility index (Phi) is 5.69. The van der Waals surface area contributed by atoms with Gasteiger partial charge >= 0.3 is 0 Å². The van der Waals surface area contributed by atoms with Crippen LogP contribution in [0.5, 0.6) is 0 Å². The number of hydrogen-bond donors (Lipinski definition) is 2. The molecule has 0 aliphatic carbocycles. The predicted molar refractivity (Wildman–Crippen MR) is 86.4 cm³/mol. The Morgan fingerprint density at radius 3 is 2.76 bits per heavy atom. The van der Waals surface area contributed by atoms with E-state index in [0.29, 0.717) is 22.7 Å². The van der Waals surface area contributed by atoms with E-state index in [4.69, 9.17) is 12.2 Å². The fourth-order valence-electron chi connectivity index (χ4n) is 2.38. The number of likely N-dealkylation sites (tertiary alicyclic amines) is 1. The summed E-state index contributed by atoms with van der Waals surface area (Å²) < 4.78 is 0.421. The number of nitrogens with one attached hydrogen (secondary N) is 2. The second-order valence-corrected chi connectivity index (χ2v) is 5.91. The van der Waals surface area contributed by atoms with E-state index in [9.17, 15) is 4.79 Å². The molecule has 1 aromatic rings.